The molecule has 3 heterocycles. The highest BCUT2D eigenvalue weighted by Crippen LogP contribution is 2.42. The summed E-state index contributed by atoms with van der Waals surface area (Å²) in [5, 5.41) is 0. The van der Waals surface area contributed by atoms with E-state index < -0.39 is 0 Å². The molecule has 3 saturated heterocycles. The molecule has 0 radical (unpaired) electrons. The van der Waals surface area contributed by atoms with Gasteiger partial charge in [-0.2, -0.15) is 0 Å². The summed E-state index contributed by atoms with van der Waals surface area (Å²) >= 11 is 0. The molecule has 0 atom stereocenters. The van der Waals surface area contributed by atoms with E-state index in [0.717, 1.165) is 5.92 Å². The van der Waals surface area contributed by atoms with Crippen molar-refractivity contribution in [2.45, 2.75) is 59.4 Å². The largest absolute Gasteiger partial charge is 0.306 e. The Morgan fingerprint density at radius 1 is 0.955 bits per heavy atom. The van der Waals surface area contributed by atoms with Crippen LogP contribution in [0.25, 0.3) is 0 Å². The highest BCUT2D eigenvalue weighted by Gasteiger charge is 2.50. The van der Waals surface area contributed by atoms with Crippen LogP contribution in [0.4, 0.5) is 0 Å². The molecule has 0 unspecified atom stereocenters. The molecule has 0 amide bonds. The molecule has 3 aliphatic rings. The maximum absolute atomic E-state index is 2.77. The van der Waals surface area contributed by atoms with Crippen molar-refractivity contribution in [2.24, 2.45) is 11.3 Å². The van der Waals surface area contributed by atoms with Gasteiger partial charge in [-0.3, -0.25) is 4.90 Å². The van der Waals surface area contributed by atoms with E-state index in [2.05, 4.69) is 42.5 Å². The van der Waals surface area contributed by atoms with Gasteiger partial charge in [0.25, 0.3) is 0 Å². The number of piperidine rings is 1. The van der Waals surface area contributed by atoms with E-state index in [4.69, 9.17) is 0 Å². The Morgan fingerprint density at radius 2 is 1.55 bits per heavy atom. The first-order chi connectivity index (χ1) is 10.4. The molecule has 0 aliphatic carbocycles. The Kier molecular flexibility index (Phi) is 5.95. The second-order valence-corrected chi connectivity index (χ2v) is 8.76. The first-order valence-electron chi connectivity index (χ1n) is 9.52. The van der Waals surface area contributed by atoms with Crippen molar-refractivity contribution in [3.63, 3.8) is 0 Å². The van der Waals surface area contributed by atoms with Crippen molar-refractivity contribution >= 4 is 0 Å². The predicted octanol–water partition coefficient (Wildman–Crippen LogP) is 3.16. The van der Waals surface area contributed by atoms with Crippen LogP contribution < -0.4 is 0 Å². The highest BCUT2D eigenvalue weighted by atomic mass is 15.3. The summed E-state index contributed by atoms with van der Waals surface area (Å²) in [4.78, 5) is 7.91. The highest BCUT2D eigenvalue weighted by molar-refractivity contribution is 5.04. The van der Waals surface area contributed by atoms with Crippen LogP contribution in [-0.2, 0) is 0 Å². The zero-order valence-electron chi connectivity index (χ0n) is 16.0. The van der Waals surface area contributed by atoms with Gasteiger partial charge in [-0.25, -0.2) is 0 Å². The van der Waals surface area contributed by atoms with Crippen molar-refractivity contribution in [2.75, 3.05) is 52.9 Å². The third kappa shape index (κ3) is 4.24. The number of hydrogen-bond donors (Lipinski definition) is 0. The maximum atomic E-state index is 2.77. The van der Waals surface area contributed by atoms with Crippen LogP contribution in [0.5, 0.6) is 0 Å². The lowest BCUT2D eigenvalue weighted by atomic mass is 9.76. The molecule has 22 heavy (non-hydrogen) atoms. The van der Waals surface area contributed by atoms with E-state index in [9.17, 15) is 0 Å². The summed E-state index contributed by atoms with van der Waals surface area (Å²) in [6.07, 6.45) is 4.26. The number of rotatable bonds is 2. The third-order valence-corrected chi connectivity index (χ3v) is 5.87. The minimum atomic E-state index is 0.368. The standard InChI is InChI=1S/C17H33N3.C2H6/c1-16(2,3)20-13-17(14-20)7-10-19(12-17)11-15-5-8-18(4)9-6-15;1-2/h15H,5-14H2,1-4H3;1-2H3. The summed E-state index contributed by atoms with van der Waals surface area (Å²) in [6, 6.07) is 0. The van der Waals surface area contributed by atoms with E-state index in [1.54, 1.807) is 0 Å². The Morgan fingerprint density at radius 3 is 2.09 bits per heavy atom. The van der Waals surface area contributed by atoms with Gasteiger partial charge in [0, 0.05) is 37.1 Å². The number of nitrogens with zero attached hydrogens (tertiary/aromatic N) is 3. The maximum Gasteiger partial charge on any atom is 0.0125 e. The van der Waals surface area contributed by atoms with E-state index >= 15 is 0 Å². The van der Waals surface area contributed by atoms with Gasteiger partial charge >= 0.3 is 0 Å². The monoisotopic (exact) mass is 309 g/mol. The van der Waals surface area contributed by atoms with Crippen molar-refractivity contribution in [1.29, 1.82) is 0 Å². The van der Waals surface area contributed by atoms with Crippen molar-refractivity contribution < 1.29 is 0 Å². The van der Waals surface area contributed by atoms with Gasteiger partial charge in [0.2, 0.25) is 0 Å². The molecule has 0 aromatic heterocycles. The van der Waals surface area contributed by atoms with Crippen LogP contribution in [-0.4, -0.2) is 73.1 Å². The molecule has 0 aromatic rings. The number of likely N-dealkylation sites (tertiary alicyclic amines) is 3. The Labute approximate surface area is 139 Å². The molecule has 0 bridgehead atoms. The SMILES string of the molecule is CC.CN1CCC(CN2CCC3(C2)CN(C(C)(C)C)C3)CC1. The molecule has 3 aliphatic heterocycles. The summed E-state index contributed by atoms with van der Waals surface area (Å²) in [7, 11) is 2.26. The summed E-state index contributed by atoms with van der Waals surface area (Å²) < 4.78 is 0. The molecule has 0 aromatic carbocycles. The zero-order chi connectivity index (χ0) is 16.4. The Balaban J connectivity index is 0.000000847. The van der Waals surface area contributed by atoms with E-state index in [1.807, 2.05) is 13.8 Å². The van der Waals surface area contributed by atoms with Crippen LogP contribution in [0.2, 0.25) is 0 Å². The van der Waals surface area contributed by atoms with Gasteiger partial charge in [-0.15, -0.1) is 0 Å². The topological polar surface area (TPSA) is 9.72 Å². The van der Waals surface area contributed by atoms with Crippen LogP contribution >= 0.6 is 0 Å². The van der Waals surface area contributed by atoms with E-state index in [-0.39, 0.29) is 0 Å². The average Bonchev–Trinajstić information content (AvgIpc) is 2.85. The molecule has 0 saturated carbocycles. The fraction of sp³-hybridized carbons (Fsp3) is 1.00. The van der Waals surface area contributed by atoms with Crippen LogP contribution in [0.15, 0.2) is 0 Å². The van der Waals surface area contributed by atoms with E-state index in [0.29, 0.717) is 11.0 Å². The first-order valence-corrected chi connectivity index (χ1v) is 9.52. The fourth-order valence-electron chi connectivity index (χ4n) is 4.29. The molecule has 1 spiro atoms. The molecule has 3 fully saturated rings. The van der Waals surface area contributed by atoms with E-state index in [1.165, 1.54) is 65.1 Å². The summed E-state index contributed by atoms with van der Waals surface area (Å²) in [5.41, 5.74) is 1.02. The van der Waals surface area contributed by atoms with Crippen LogP contribution in [0.3, 0.4) is 0 Å². The van der Waals surface area contributed by atoms with Gasteiger partial charge in [0.15, 0.2) is 0 Å². The summed E-state index contributed by atoms with van der Waals surface area (Å²) in [5.74, 6) is 0.958. The minimum absolute atomic E-state index is 0.368. The third-order valence-electron chi connectivity index (χ3n) is 5.87. The molecule has 3 nitrogen and oxygen atoms in total. The average molecular weight is 310 g/mol. The summed E-state index contributed by atoms with van der Waals surface area (Å²) in [6.45, 7) is 20.4. The zero-order valence-corrected chi connectivity index (χ0v) is 16.0. The van der Waals surface area contributed by atoms with Gasteiger partial charge in [-0.05, 0) is 72.6 Å². The quantitative estimate of drug-likeness (QED) is 0.776. The second kappa shape index (κ2) is 7.19. The van der Waals surface area contributed by atoms with Crippen LogP contribution in [0, 0.1) is 11.3 Å². The lowest BCUT2D eigenvalue weighted by molar-refractivity contribution is -0.0527. The van der Waals surface area contributed by atoms with Crippen molar-refractivity contribution in [3.05, 3.63) is 0 Å². The smallest absolute Gasteiger partial charge is 0.0125 e. The molecular weight excluding hydrogens is 270 g/mol. The molecule has 130 valence electrons. The lowest BCUT2D eigenvalue weighted by Crippen LogP contribution is -2.63. The second-order valence-electron chi connectivity index (χ2n) is 8.76. The minimum Gasteiger partial charge on any atom is -0.306 e. The van der Waals surface area contributed by atoms with Crippen molar-refractivity contribution in [1.82, 2.24) is 14.7 Å². The Hall–Kier alpha value is -0.120. The van der Waals surface area contributed by atoms with Gasteiger partial charge in [-0.1, -0.05) is 13.8 Å². The molecule has 3 heteroatoms. The van der Waals surface area contributed by atoms with Gasteiger partial charge in [0.05, 0.1) is 0 Å². The normalized spacial score (nSPS) is 27.5. The van der Waals surface area contributed by atoms with Crippen molar-refractivity contribution in [3.8, 4) is 0 Å². The number of hydrogen-bond acceptors (Lipinski definition) is 3. The van der Waals surface area contributed by atoms with Gasteiger partial charge in [0.1, 0.15) is 0 Å². The van der Waals surface area contributed by atoms with Crippen LogP contribution in [0.1, 0.15) is 53.9 Å². The fourth-order valence-corrected chi connectivity index (χ4v) is 4.29. The molecule has 3 rings (SSSR count). The lowest BCUT2D eigenvalue weighted by Gasteiger charge is -2.54. The first kappa shape index (κ1) is 18.2. The molecular formula is C19H39N3. The van der Waals surface area contributed by atoms with Gasteiger partial charge < -0.3 is 9.80 Å². The molecule has 0 N–H and O–H groups in total. The predicted molar refractivity (Wildman–Crippen MR) is 96.4 cm³/mol. The Bertz CT molecular complexity index is 333.